The third kappa shape index (κ3) is 8.01. The van der Waals surface area contributed by atoms with E-state index in [0.717, 1.165) is 44.9 Å². The molecule has 0 spiro atoms. The predicted molar refractivity (Wildman–Crippen MR) is 98.6 cm³/mol. The minimum absolute atomic E-state index is 0.447. The Kier molecular flexibility index (Phi) is 10.4. The van der Waals surface area contributed by atoms with E-state index in [-0.39, 0.29) is 0 Å². The Morgan fingerprint density at radius 1 is 1.09 bits per heavy atom. The summed E-state index contributed by atoms with van der Waals surface area (Å²) < 4.78 is 12.7. The van der Waals surface area contributed by atoms with Crippen LogP contribution in [0.3, 0.4) is 0 Å². The van der Waals surface area contributed by atoms with Gasteiger partial charge in [-0.25, -0.2) is 0 Å². The summed E-state index contributed by atoms with van der Waals surface area (Å²) in [5, 5.41) is 12.8. The van der Waals surface area contributed by atoms with E-state index in [1.54, 1.807) is 9.98 Å². The standard InChI is InChI=1S/C19H35GeO3/c1-5-7-15-22-19(21,23-16-8-6-2)14-10-12-17-11-9-13-18(17)20(3)4/h9,13,20H,5-8,10-12,14-16H2,1-4H3. The number of allylic oxidation sites excluding steroid dienone is 4. The monoisotopic (exact) mass is 385 g/mol. The average molecular weight is 384 g/mol. The summed E-state index contributed by atoms with van der Waals surface area (Å²) in [6.45, 7) is 5.21. The topological polar surface area (TPSA) is 38.4 Å². The van der Waals surface area contributed by atoms with Crippen LogP contribution in [0.5, 0.6) is 0 Å². The normalized spacial score (nSPS) is 15.2. The SMILES string of the molecule is CCCCOC([O])(CCCC1=[C]([GeH]([CH3])[CH3])C=CC1)OCCCC. The van der Waals surface area contributed by atoms with Crippen LogP contribution in [-0.4, -0.2) is 33.5 Å². The Bertz CT molecular complexity index is 378. The maximum atomic E-state index is 12.8. The second-order valence-electron chi connectivity index (χ2n) is 6.76. The molecular formula is C19H35GeO3. The summed E-state index contributed by atoms with van der Waals surface area (Å²) in [5.74, 6) is 3.19. The van der Waals surface area contributed by atoms with Crippen LogP contribution in [-0.2, 0) is 14.6 Å². The molecule has 0 N–H and O–H groups in total. The van der Waals surface area contributed by atoms with Crippen LogP contribution < -0.4 is 0 Å². The van der Waals surface area contributed by atoms with Crippen molar-refractivity contribution in [3.8, 4) is 0 Å². The molecule has 0 bridgehead atoms. The van der Waals surface area contributed by atoms with Gasteiger partial charge in [0.2, 0.25) is 0 Å². The van der Waals surface area contributed by atoms with Crippen molar-refractivity contribution < 1.29 is 14.6 Å². The third-order valence-corrected chi connectivity index (χ3v) is 8.16. The first-order chi connectivity index (χ1) is 11.0. The van der Waals surface area contributed by atoms with Gasteiger partial charge in [0.1, 0.15) is 0 Å². The molecule has 0 saturated heterocycles. The molecule has 1 rings (SSSR count). The van der Waals surface area contributed by atoms with Gasteiger partial charge >= 0.3 is 147 Å². The van der Waals surface area contributed by atoms with E-state index < -0.39 is 20.3 Å². The molecule has 0 amide bonds. The number of unbranched alkanes of at least 4 members (excludes halogenated alkanes) is 2. The maximum absolute atomic E-state index is 12.8. The fourth-order valence-electron chi connectivity index (χ4n) is 2.86. The van der Waals surface area contributed by atoms with Crippen LogP contribution >= 0.6 is 0 Å². The van der Waals surface area contributed by atoms with Gasteiger partial charge in [-0.15, -0.1) is 0 Å². The predicted octanol–water partition coefficient (Wildman–Crippen LogP) is 5.16. The molecule has 1 aliphatic carbocycles. The van der Waals surface area contributed by atoms with E-state index in [4.69, 9.17) is 9.47 Å². The van der Waals surface area contributed by atoms with Crippen LogP contribution in [0.15, 0.2) is 22.1 Å². The second kappa shape index (κ2) is 11.5. The van der Waals surface area contributed by atoms with E-state index in [1.165, 1.54) is 0 Å². The van der Waals surface area contributed by atoms with E-state index >= 15 is 0 Å². The fourth-order valence-corrected chi connectivity index (χ4v) is 6.22. The molecule has 4 heteroatoms. The summed E-state index contributed by atoms with van der Waals surface area (Å²) >= 11 is -1.22. The number of hydrogen-bond acceptors (Lipinski definition) is 2. The van der Waals surface area contributed by atoms with Crippen molar-refractivity contribution in [3.05, 3.63) is 22.1 Å². The molecule has 0 fully saturated rings. The summed E-state index contributed by atoms with van der Waals surface area (Å²) in [6.07, 6.45) is 11.9. The van der Waals surface area contributed by atoms with Crippen LogP contribution in [0.25, 0.3) is 0 Å². The molecule has 0 aromatic rings. The zero-order valence-electron chi connectivity index (χ0n) is 15.5. The van der Waals surface area contributed by atoms with Gasteiger partial charge < -0.3 is 0 Å². The summed E-state index contributed by atoms with van der Waals surface area (Å²) in [7, 11) is 0. The zero-order chi connectivity index (χ0) is 17.1. The van der Waals surface area contributed by atoms with Crippen molar-refractivity contribution in [1.82, 2.24) is 0 Å². The minimum atomic E-state index is -1.64. The molecule has 0 saturated carbocycles. The van der Waals surface area contributed by atoms with Crippen LogP contribution in [0.2, 0.25) is 11.5 Å². The fraction of sp³-hybridized carbons (Fsp3) is 0.789. The molecule has 0 aromatic carbocycles. The Hall–Kier alpha value is -0.0971. The zero-order valence-corrected chi connectivity index (χ0v) is 18.0. The molecule has 0 unspecified atom stereocenters. The average Bonchev–Trinajstić information content (AvgIpc) is 2.96. The molecule has 23 heavy (non-hydrogen) atoms. The van der Waals surface area contributed by atoms with Crippen LogP contribution in [0.1, 0.15) is 65.2 Å². The molecule has 133 valence electrons. The second-order valence-corrected chi connectivity index (χ2v) is 12.9. The molecule has 0 aromatic heterocycles. The molecule has 1 radical (unpaired) electrons. The molecule has 1 aliphatic rings. The third-order valence-electron chi connectivity index (χ3n) is 4.29. The van der Waals surface area contributed by atoms with Crippen molar-refractivity contribution in [2.45, 2.75) is 82.7 Å². The van der Waals surface area contributed by atoms with Gasteiger partial charge in [-0.3, -0.25) is 0 Å². The van der Waals surface area contributed by atoms with Crippen molar-refractivity contribution in [2.75, 3.05) is 13.2 Å². The van der Waals surface area contributed by atoms with E-state index in [2.05, 4.69) is 37.5 Å². The summed E-state index contributed by atoms with van der Waals surface area (Å²) in [5.41, 5.74) is 1.56. The van der Waals surface area contributed by atoms with Crippen molar-refractivity contribution in [1.29, 1.82) is 0 Å². The van der Waals surface area contributed by atoms with Crippen molar-refractivity contribution in [2.24, 2.45) is 0 Å². The molecule has 0 heterocycles. The van der Waals surface area contributed by atoms with E-state index in [1.807, 2.05) is 0 Å². The van der Waals surface area contributed by atoms with Gasteiger partial charge in [0.25, 0.3) is 0 Å². The molecule has 0 aliphatic heterocycles. The Balaban J connectivity index is 2.47. The van der Waals surface area contributed by atoms with Gasteiger partial charge in [-0.1, -0.05) is 0 Å². The Morgan fingerprint density at radius 3 is 2.22 bits per heavy atom. The first-order valence-corrected chi connectivity index (χ1v) is 15.4. The molecule has 3 nitrogen and oxygen atoms in total. The van der Waals surface area contributed by atoms with E-state index in [9.17, 15) is 5.11 Å². The van der Waals surface area contributed by atoms with Crippen LogP contribution in [0.4, 0.5) is 0 Å². The number of ether oxygens (including phenoxy) is 2. The molecular weight excluding hydrogens is 349 g/mol. The van der Waals surface area contributed by atoms with Gasteiger partial charge in [0.15, 0.2) is 0 Å². The summed E-state index contributed by atoms with van der Waals surface area (Å²) in [6, 6.07) is 0. The van der Waals surface area contributed by atoms with Crippen molar-refractivity contribution >= 4 is 14.3 Å². The van der Waals surface area contributed by atoms with Gasteiger partial charge in [-0.2, -0.15) is 0 Å². The quantitative estimate of drug-likeness (QED) is 0.250. The Labute approximate surface area is 147 Å². The van der Waals surface area contributed by atoms with Crippen LogP contribution in [0, 0.1) is 0 Å². The van der Waals surface area contributed by atoms with E-state index in [0.29, 0.717) is 19.6 Å². The molecule has 0 atom stereocenters. The Morgan fingerprint density at radius 2 is 1.70 bits per heavy atom. The first-order valence-electron chi connectivity index (χ1n) is 9.39. The van der Waals surface area contributed by atoms with Crippen molar-refractivity contribution in [3.63, 3.8) is 0 Å². The number of hydrogen-bond donors (Lipinski definition) is 0. The van der Waals surface area contributed by atoms with Gasteiger partial charge in [0, 0.05) is 0 Å². The van der Waals surface area contributed by atoms with Gasteiger partial charge in [0.05, 0.1) is 0 Å². The number of rotatable bonds is 13. The first kappa shape index (κ1) is 20.9. The summed E-state index contributed by atoms with van der Waals surface area (Å²) in [4.78, 5) is 0. The van der Waals surface area contributed by atoms with Gasteiger partial charge in [-0.05, 0) is 0 Å².